The Hall–Kier alpha value is -1.94. The van der Waals surface area contributed by atoms with Crippen LogP contribution in [0.1, 0.15) is 21.7 Å². The average Bonchev–Trinajstić information content (AvgIpc) is 2.71. The van der Waals surface area contributed by atoms with Crippen LogP contribution < -0.4 is 4.74 Å². The van der Waals surface area contributed by atoms with E-state index in [1.807, 2.05) is 13.8 Å². The topological polar surface area (TPSA) is 59.7 Å². The van der Waals surface area contributed by atoms with Crippen molar-refractivity contribution < 1.29 is 19.1 Å². The van der Waals surface area contributed by atoms with Gasteiger partial charge in [-0.05, 0) is 43.2 Å². The third kappa shape index (κ3) is 2.49. The highest BCUT2D eigenvalue weighted by Crippen LogP contribution is 2.32. The highest BCUT2D eigenvalue weighted by molar-refractivity contribution is 6.30. The van der Waals surface area contributed by atoms with Gasteiger partial charge in [-0.25, -0.2) is 4.79 Å². The number of aromatic carboxylic acids is 1. The van der Waals surface area contributed by atoms with Crippen LogP contribution in [0, 0.1) is 13.8 Å². The van der Waals surface area contributed by atoms with Crippen molar-refractivity contribution in [2.45, 2.75) is 13.8 Å². The maximum atomic E-state index is 10.7. The lowest BCUT2D eigenvalue weighted by atomic mass is 10.1. The molecule has 2 aromatic rings. The summed E-state index contributed by atoms with van der Waals surface area (Å²) in [4.78, 5) is 10.7. The Labute approximate surface area is 109 Å². The Morgan fingerprint density at radius 2 is 1.89 bits per heavy atom. The molecule has 0 saturated carbocycles. The maximum Gasteiger partial charge on any atom is 0.371 e. The van der Waals surface area contributed by atoms with Crippen LogP contribution in [0.15, 0.2) is 28.7 Å². The van der Waals surface area contributed by atoms with Crippen molar-refractivity contribution in [1.82, 2.24) is 0 Å². The highest BCUT2D eigenvalue weighted by atomic mass is 35.5. The van der Waals surface area contributed by atoms with Gasteiger partial charge in [0, 0.05) is 11.1 Å². The van der Waals surface area contributed by atoms with Gasteiger partial charge >= 0.3 is 5.97 Å². The number of carboxylic acid groups (broad SMARTS) is 1. The zero-order chi connectivity index (χ0) is 13.3. The largest absolute Gasteiger partial charge is 0.475 e. The molecule has 0 fully saturated rings. The molecule has 0 unspecified atom stereocenters. The Morgan fingerprint density at radius 1 is 1.28 bits per heavy atom. The molecule has 1 heterocycles. The summed E-state index contributed by atoms with van der Waals surface area (Å²) >= 11 is 5.91. The minimum absolute atomic E-state index is 0.140. The van der Waals surface area contributed by atoms with Crippen LogP contribution in [0.25, 0.3) is 0 Å². The molecule has 18 heavy (non-hydrogen) atoms. The van der Waals surface area contributed by atoms with Crippen molar-refractivity contribution in [3.63, 3.8) is 0 Å². The molecule has 5 heteroatoms. The van der Waals surface area contributed by atoms with Crippen LogP contribution in [-0.2, 0) is 0 Å². The molecule has 0 amide bonds. The van der Waals surface area contributed by atoms with Crippen molar-refractivity contribution in [3.05, 3.63) is 46.2 Å². The molecule has 1 aromatic carbocycles. The monoisotopic (exact) mass is 266 g/mol. The van der Waals surface area contributed by atoms with Crippen LogP contribution in [0.4, 0.5) is 0 Å². The van der Waals surface area contributed by atoms with Crippen LogP contribution in [0.2, 0.25) is 5.02 Å². The zero-order valence-corrected chi connectivity index (χ0v) is 10.6. The average molecular weight is 267 g/mol. The Balaban J connectivity index is 2.31. The number of halogens is 1. The van der Waals surface area contributed by atoms with E-state index in [0.29, 0.717) is 10.8 Å². The van der Waals surface area contributed by atoms with Crippen molar-refractivity contribution in [1.29, 1.82) is 0 Å². The summed E-state index contributed by atoms with van der Waals surface area (Å²) in [6, 6.07) is 6.35. The molecule has 2 rings (SSSR count). The van der Waals surface area contributed by atoms with Gasteiger partial charge in [0.2, 0.25) is 5.76 Å². The lowest BCUT2D eigenvalue weighted by Gasteiger charge is -2.09. The molecule has 0 aliphatic carbocycles. The molecule has 0 radical (unpaired) electrons. The normalized spacial score (nSPS) is 10.4. The molecule has 0 saturated heterocycles. The molecule has 0 aliphatic heterocycles. The minimum atomic E-state index is -1.13. The number of ether oxygens (including phenoxy) is 1. The Morgan fingerprint density at radius 3 is 2.39 bits per heavy atom. The molecule has 94 valence electrons. The number of hydrogen-bond donors (Lipinski definition) is 1. The fraction of sp³-hybridized carbons (Fsp3) is 0.154. The van der Waals surface area contributed by atoms with Gasteiger partial charge < -0.3 is 14.3 Å². The number of hydrogen-bond acceptors (Lipinski definition) is 3. The van der Waals surface area contributed by atoms with Crippen LogP contribution >= 0.6 is 11.6 Å². The third-order valence-electron chi connectivity index (χ3n) is 2.42. The first-order valence-electron chi connectivity index (χ1n) is 5.25. The van der Waals surface area contributed by atoms with Gasteiger partial charge in [0.1, 0.15) is 5.75 Å². The minimum Gasteiger partial charge on any atom is -0.475 e. The number of carboxylic acids is 1. The smallest absolute Gasteiger partial charge is 0.371 e. The van der Waals surface area contributed by atoms with Gasteiger partial charge in [-0.15, -0.1) is 0 Å². The summed E-state index contributed by atoms with van der Waals surface area (Å²) < 4.78 is 10.6. The maximum absolute atomic E-state index is 10.7. The summed E-state index contributed by atoms with van der Waals surface area (Å²) in [6.45, 7) is 3.71. The summed E-state index contributed by atoms with van der Waals surface area (Å²) in [5.41, 5.74) is 1.71. The van der Waals surface area contributed by atoms with Gasteiger partial charge in [0.15, 0.2) is 0 Å². The van der Waals surface area contributed by atoms with Crippen molar-refractivity contribution in [2.75, 3.05) is 0 Å². The zero-order valence-electron chi connectivity index (χ0n) is 9.86. The van der Waals surface area contributed by atoms with Crippen molar-refractivity contribution in [2.24, 2.45) is 0 Å². The second-order valence-corrected chi connectivity index (χ2v) is 4.33. The van der Waals surface area contributed by atoms with E-state index in [-0.39, 0.29) is 11.7 Å². The number of benzene rings is 1. The molecule has 0 atom stereocenters. The molecule has 1 N–H and O–H groups in total. The molecule has 1 aromatic heterocycles. The standard InChI is InChI=1S/C13H11ClO4/c1-7-5-9(14)6-8(2)12(7)18-11-4-3-10(17-11)13(15)16/h3-6H,1-2H3,(H,15,16). The van der Waals surface area contributed by atoms with E-state index in [1.54, 1.807) is 12.1 Å². The highest BCUT2D eigenvalue weighted by Gasteiger charge is 2.13. The van der Waals surface area contributed by atoms with Crippen LogP contribution in [0.3, 0.4) is 0 Å². The quantitative estimate of drug-likeness (QED) is 0.911. The molecule has 0 bridgehead atoms. The number of rotatable bonds is 3. The number of carbonyl (C=O) groups is 1. The molecular weight excluding hydrogens is 256 g/mol. The van der Waals surface area contributed by atoms with E-state index in [4.69, 9.17) is 25.9 Å². The summed E-state index contributed by atoms with van der Waals surface area (Å²) in [7, 11) is 0. The molecule has 4 nitrogen and oxygen atoms in total. The first-order valence-corrected chi connectivity index (χ1v) is 5.63. The lowest BCUT2D eigenvalue weighted by Crippen LogP contribution is -1.92. The Kier molecular flexibility index (Phi) is 3.30. The summed E-state index contributed by atoms with van der Waals surface area (Å²) in [5.74, 6) is -0.532. The van der Waals surface area contributed by atoms with Gasteiger partial charge in [-0.2, -0.15) is 0 Å². The van der Waals surface area contributed by atoms with Crippen molar-refractivity contribution in [3.8, 4) is 11.7 Å². The van der Waals surface area contributed by atoms with E-state index in [2.05, 4.69) is 0 Å². The predicted molar refractivity (Wildman–Crippen MR) is 66.7 cm³/mol. The second-order valence-electron chi connectivity index (χ2n) is 3.89. The van der Waals surface area contributed by atoms with E-state index in [1.165, 1.54) is 12.1 Å². The van der Waals surface area contributed by atoms with Crippen LogP contribution in [0.5, 0.6) is 11.7 Å². The Bertz CT molecular complexity index is 578. The van der Waals surface area contributed by atoms with E-state index >= 15 is 0 Å². The third-order valence-corrected chi connectivity index (χ3v) is 2.64. The van der Waals surface area contributed by atoms with Gasteiger partial charge in [0.05, 0.1) is 0 Å². The second kappa shape index (κ2) is 4.74. The first kappa shape index (κ1) is 12.5. The molecule has 0 aliphatic rings. The van der Waals surface area contributed by atoms with Crippen LogP contribution in [-0.4, -0.2) is 11.1 Å². The lowest BCUT2D eigenvalue weighted by molar-refractivity contribution is 0.0657. The summed E-state index contributed by atoms with van der Waals surface area (Å²) in [5, 5.41) is 9.37. The van der Waals surface area contributed by atoms with E-state index < -0.39 is 5.97 Å². The number of furan rings is 1. The van der Waals surface area contributed by atoms with E-state index in [9.17, 15) is 4.79 Å². The van der Waals surface area contributed by atoms with E-state index in [0.717, 1.165) is 11.1 Å². The fourth-order valence-corrected chi connectivity index (χ4v) is 1.98. The van der Waals surface area contributed by atoms with Crippen molar-refractivity contribution >= 4 is 17.6 Å². The SMILES string of the molecule is Cc1cc(Cl)cc(C)c1Oc1ccc(C(=O)O)o1. The van der Waals surface area contributed by atoms with Gasteiger partial charge in [-0.1, -0.05) is 11.6 Å². The molecule has 0 spiro atoms. The number of aryl methyl sites for hydroxylation is 2. The predicted octanol–water partition coefficient (Wildman–Crippen LogP) is 4.04. The first-order chi connectivity index (χ1) is 8.47. The fourth-order valence-electron chi connectivity index (χ4n) is 1.65. The van der Waals surface area contributed by atoms with Gasteiger partial charge in [-0.3, -0.25) is 0 Å². The molecular formula is C13H11ClO4. The van der Waals surface area contributed by atoms with Gasteiger partial charge in [0.25, 0.3) is 5.95 Å². The summed E-state index contributed by atoms with van der Waals surface area (Å²) in [6.07, 6.45) is 0.